The van der Waals surface area contributed by atoms with E-state index in [-0.39, 0.29) is 11.8 Å². The summed E-state index contributed by atoms with van der Waals surface area (Å²) in [5.74, 6) is 0.102. The molecule has 1 aromatic carbocycles. The van der Waals surface area contributed by atoms with Crippen LogP contribution in [0.2, 0.25) is 0 Å². The average molecular weight is 416 g/mol. The molecule has 3 rings (SSSR count). The highest BCUT2D eigenvalue weighted by molar-refractivity contribution is 5.81. The standard InChI is InChI=1S/C24H37N3O3/c1-30-19-14-24(23(25)29)12-17-26(18-13-24)21-10-15-27(16-11-21)22(28)9-5-8-20-6-3-2-4-7-20/h2-4,6-7,21H,5,8-19H2,1H3,(H2,25,29). The van der Waals surface area contributed by atoms with Crippen molar-refractivity contribution in [3.05, 3.63) is 35.9 Å². The van der Waals surface area contributed by atoms with Crippen LogP contribution in [0.25, 0.3) is 0 Å². The molecule has 166 valence electrons. The highest BCUT2D eigenvalue weighted by atomic mass is 16.5. The fourth-order valence-electron chi connectivity index (χ4n) is 4.96. The molecule has 0 atom stereocenters. The van der Waals surface area contributed by atoms with Crippen LogP contribution >= 0.6 is 0 Å². The Balaban J connectivity index is 1.39. The monoisotopic (exact) mass is 415 g/mol. The summed E-state index contributed by atoms with van der Waals surface area (Å²) in [6.45, 7) is 4.07. The minimum atomic E-state index is -0.415. The van der Waals surface area contributed by atoms with Gasteiger partial charge in [0.1, 0.15) is 0 Å². The molecule has 0 unspecified atom stereocenters. The van der Waals surface area contributed by atoms with Gasteiger partial charge in [0.25, 0.3) is 0 Å². The molecule has 0 radical (unpaired) electrons. The summed E-state index contributed by atoms with van der Waals surface area (Å²) in [7, 11) is 1.67. The lowest BCUT2D eigenvalue weighted by atomic mass is 9.74. The molecule has 2 N–H and O–H groups in total. The molecular weight excluding hydrogens is 378 g/mol. The second-order valence-electron chi connectivity index (χ2n) is 8.87. The van der Waals surface area contributed by atoms with Gasteiger partial charge < -0.3 is 20.3 Å². The number of ether oxygens (including phenoxy) is 1. The van der Waals surface area contributed by atoms with Crippen LogP contribution in [0.15, 0.2) is 30.3 Å². The maximum absolute atomic E-state index is 12.6. The van der Waals surface area contributed by atoms with Gasteiger partial charge in [-0.3, -0.25) is 9.59 Å². The second kappa shape index (κ2) is 10.9. The van der Waals surface area contributed by atoms with Crippen molar-refractivity contribution in [2.45, 2.75) is 57.4 Å². The van der Waals surface area contributed by atoms with Gasteiger partial charge in [-0.1, -0.05) is 30.3 Å². The number of amides is 2. The van der Waals surface area contributed by atoms with Crippen molar-refractivity contribution in [2.24, 2.45) is 11.1 Å². The smallest absolute Gasteiger partial charge is 0.223 e. The third-order valence-corrected chi connectivity index (χ3v) is 7.10. The van der Waals surface area contributed by atoms with Gasteiger partial charge in [0, 0.05) is 39.3 Å². The number of aryl methyl sites for hydroxylation is 1. The number of rotatable bonds is 9. The van der Waals surface area contributed by atoms with E-state index in [1.807, 2.05) is 23.1 Å². The van der Waals surface area contributed by atoms with Crippen molar-refractivity contribution < 1.29 is 14.3 Å². The first kappa shape index (κ1) is 22.8. The third-order valence-electron chi connectivity index (χ3n) is 7.10. The number of carbonyl (C=O) groups excluding carboxylic acids is 2. The van der Waals surface area contributed by atoms with Crippen LogP contribution in [-0.2, 0) is 20.7 Å². The summed E-state index contributed by atoms with van der Waals surface area (Å²) in [6.07, 6.45) is 6.87. The molecule has 0 aromatic heterocycles. The van der Waals surface area contributed by atoms with Crippen LogP contribution < -0.4 is 5.73 Å². The van der Waals surface area contributed by atoms with E-state index in [4.69, 9.17) is 10.5 Å². The number of primary amides is 1. The van der Waals surface area contributed by atoms with Crippen LogP contribution in [0, 0.1) is 5.41 Å². The number of benzene rings is 1. The van der Waals surface area contributed by atoms with E-state index >= 15 is 0 Å². The Morgan fingerprint density at radius 2 is 1.77 bits per heavy atom. The summed E-state index contributed by atoms with van der Waals surface area (Å²) in [6, 6.07) is 10.9. The van der Waals surface area contributed by atoms with Crippen molar-refractivity contribution in [3.8, 4) is 0 Å². The maximum Gasteiger partial charge on any atom is 0.223 e. The van der Waals surface area contributed by atoms with Gasteiger partial charge in [0.05, 0.1) is 5.41 Å². The van der Waals surface area contributed by atoms with Crippen molar-refractivity contribution in [1.82, 2.24) is 9.80 Å². The van der Waals surface area contributed by atoms with Gasteiger partial charge in [-0.2, -0.15) is 0 Å². The SMILES string of the molecule is COCCC1(C(N)=O)CCN(C2CCN(C(=O)CCCc3ccccc3)CC2)CC1. The van der Waals surface area contributed by atoms with Gasteiger partial charge in [0.15, 0.2) is 0 Å². The minimum absolute atomic E-state index is 0.185. The van der Waals surface area contributed by atoms with Gasteiger partial charge in [-0.05, 0) is 63.6 Å². The van der Waals surface area contributed by atoms with Crippen LogP contribution in [0.1, 0.15) is 50.5 Å². The molecule has 0 saturated carbocycles. The van der Waals surface area contributed by atoms with Crippen molar-refractivity contribution in [2.75, 3.05) is 39.9 Å². The van der Waals surface area contributed by atoms with E-state index in [0.29, 0.717) is 25.5 Å². The molecule has 2 fully saturated rings. The lowest BCUT2D eigenvalue weighted by molar-refractivity contribution is -0.135. The predicted molar refractivity (Wildman–Crippen MR) is 118 cm³/mol. The van der Waals surface area contributed by atoms with Gasteiger partial charge in [-0.25, -0.2) is 0 Å². The van der Waals surface area contributed by atoms with Crippen LogP contribution in [0.5, 0.6) is 0 Å². The Morgan fingerprint density at radius 3 is 2.37 bits per heavy atom. The van der Waals surface area contributed by atoms with Crippen LogP contribution in [0.4, 0.5) is 0 Å². The highest BCUT2D eigenvalue weighted by Crippen LogP contribution is 2.36. The number of piperidine rings is 2. The topological polar surface area (TPSA) is 75.9 Å². The molecule has 2 saturated heterocycles. The van der Waals surface area contributed by atoms with Gasteiger partial charge in [0.2, 0.25) is 11.8 Å². The predicted octanol–water partition coefficient (Wildman–Crippen LogP) is 2.60. The first-order valence-electron chi connectivity index (χ1n) is 11.4. The number of carbonyl (C=O) groups is 2. The first-order chi connectivity index (χ1) is 14.5. The Labute approximate surface area is 180 Å². The zero-order chi connectivity index (χ0) is 21.4. The molecule has 6 heteroatoms. The highest BCUT2D eigenvalue weighted by Gasteiger charge is 2.41. The molecule has 2 aliphatic heterocycles. The fraction of sp³-hybridized carbons (Fsp3) is 0.667. The Morgan fingerprint density at radius 1 is 1.10 bits per heavy atom. The molecule has 30 heavy (non-hydrogen) atoms. The average Bonchev–Trinajstić information content (AvgIpc) is 2.78. The number of nitrogens with zero attached hydrogens (tertiary/aromatic N) is 2. The summed E-state index contributed by atoms with van der Waals surface area (Å²) in [5.41, 5.74) is 6.62. The molecule has 2 heterocycles. The first-order valence-corrected chi connectivity index (χ1v) is 11.4. The van der Waals surface area contributed by atoms with Gasteiger partial charge >= 0.3 is 0 Å². The Kier molecular flexibility index (Phi) is 8.28. The quantitative estimate of drug-likeness (QED) is 0.673. The molecule has 2 amide bonds. The number of methoxy groups -OCH3 is 1. The van der Waals surface area contributed by atoms with E-state index < -0.39 is 5.41 Å². The Bertz CT molecular complexity index is 678. The molecule has 1 aromatic rings. The number of nitrogens with two attached hydrogens (primary N) is 1. The Hall–Kier alpha value is -1.92. The summed E-state index contributed by atoms with van der Waals surface area (Å²) in [4.78, 5) is 29.2. The molecule has 0 spiro atoms. The van der Waals surface area contributed by atoms with Crippen LogP contribution in [-0.4, -0.2) is 67.6 Å². The molecule has 0 bridgehead atoms. The minimum Gasteiger partial charge on any atom is -0.385 e. The van der Waals surface area contributed by atoms with Crippen LogP contribution in [0.3, 0.4) is 0 Å². The van der Waals surface area contributed by atoms with E-state index in [1.165, 1.54) is 5.56 Å². The van der Waals surface area contributed by atoms with E-state index in [2.05, 4.69) is 17.0 Å². The zero-order valence-corrected chi connectivity index (χ0v) is 18.4. The second-order valence-corrected chi connectivity index (χ2v) is 8.87. The summed E-state index contributed by atoms with van der Waals surface area (Å²) in [5, 5.41) is 0. The summed E-state index contributed by atoms with van der Waals surface area (Å²) < 4.78 is 5.19. The number of likely N-dealkylation sites (tertiary alicyclic amines) is 2. The molecule has 6 nitrogen and oxygen atoms in total. The lowest BCUT2D eigenvalue weighted by Gasteiger charge is -2.45. The largest absolute Gasteiger partial charge is 0.385 e. The lowest BCUT2D eigenvalue weighted by Crippen LogP contribution is -2.53. The molecule has 0 aliphatic carbocycles. The number of hydrogen-bond acceptors (Lipinski definition) is 4. The summed E-state index contributed by atoms with van der Waals surface area (Å²) >= 11 is 0. The van der Waals surface area contributed by atoms with E-state index in [1.54, 1.807) is 7.11 Å². The van der Waals surface area contributed by atoms with E-state index in [9.17, 15) is 9.59 Å². The van der Waals surface area contributed by atoms with E-state index in [0.717, 1.165) is 64.7 Å². The molecular formula is C24H37N3O3. The third kappa shape index (κ3) is 5.82. The maximum atomic E-state index is 12.6. The molecule has 2 aliphatic rings. The number of hydrogen-bond donors (Lipinski definition) is 1. The van der Waals surface area contributed by atoms with Crippen molar-refractivity contribution in [1.29, 1.82) is 0 Å². The van der Waals surface area contributed by atoms with Crippen molar-refractivity contribution in [3.63, 3.8) is 0 Å². The zero-order valence-electron chi connectivity index (χ0n) is 18.4. The fourth-order valence-corrected chi connectivity index (χ4v) is 4.96. The normalized spacial score (nSPS) is 20.2. The van der Waals surface area contributed by atoms with Crippen molar-refractivity contribution >= 4 is 11.8 Å². The van der Waals surface area contributed by atoms with Gasteiger partial charge in [-0.15, -0.1) is 0 Å².